The van der Waals surface area contributed by atoms with Gasteiger partial charge in [-0.3, -0.25) is 0 Å². The summed E-state index contributed by atoms with van der Waals surface area (Å²) >= 11 is 2.96. The maximum Gasteiger partial charge on any atom is 0.263 e. The lowest BCUT2D eigenvalue weighted by atomic mass is 10.5. The smallest absolute Gasteiger partial charge is 0.248 e. The zero-order valence-corrected chi connectivity index (χ0v) is 8.32. The van der Waals surface area contributed by atoms with Gasteiger partial charge in [-0.05, 0) is 28.1 Å². The topological polar surface area (TPSA) is 47.0 Å². The van der Waals surface area contributed by atoms with Crippen LogP contribution in [-0.2, 0) is 9.05 Å². The summed E-state index contributed by atoms with van der Waals surface area (Å²) in [5, 5.41) is 0. The van der Waals surface area contributed by atoms with Crippen molar-refractivity contribution in [1.82, 2.24) is 4.98 Å². The van der Waals surface area contributed by atoms with Crippen LogP contribution in [0.5, 0.6) is 0 Å². The monoisotopic (exact) mass is 255 g/mol. The lowest BCUT2D eigenvalue weighted by Gasteiger charge is -1.95. The van der Waals surface area contributed by atoms with E-state index in [1.54, 1.807) is 0 Å². The Labute approximate surface area is 77.0 Å². The maximum atomic E-state index is 10.7. The Morgan fingerprint density at radius 3 is 2.55 bits per heavy atom. The minimum Gasteiger partial charge on any atom is -0.248 e. The van der Waals surface area contributed by atoms with Crippen LogP contribution in [0.25, 0.3) is 0 Å². The quantitative estimate of drug-likeness (QED) is 0.568. The van der Waals surface area contributed by atoms with E-state index in [9.17, 15) is 8.42 Å². The molecule has 1 heterocycles. The number of hydrogen-bond donors (Lipinski definition) is 0. The van der Waals surface area contributed by atoms with E-state index in [0.717, 1.165) is 0 Å². The van der Waals surface area contributed by atoms with Gasteiger partial charge in [0.15, 0.2) is 0 Å². The highest BCUT2D eigenvalue weighted by molar-refractivity contribution is 9.10. The molecular formula is C5H3BrClNO2S. The van der Waals surface area contributed by atoms with Gasteiger partial charge in [-0.25, -0.2) is 13.4 Å². The Bertz CT molecular complexity index is 365. The fourth-order valence-corrected chi connectivity index (χ4v) is 2.59. The van der Waals surface area contributed by atoms with E-state index in [-0.39, 0.29) is 9.50 Å². The Balaban J connectivity index is 3.37. The predicted molar refractivity (Wildman–Crippen MR) is 45.0 cm³/mol. The zero-order valence-electron chi connectivity index (χ0n) is 5.16. The van der Waals surface area contributed by atoms with Crippen molar-refractivity contribution in [2.45, 2.75) is 4.90 Å². The average Bonchev–Trinajstić information content (AvgIpc) is 1.86. The van der Waals surface area contributed by atoms with E-state index >= 15 is 0 Å². The Morgan fingerprint density at radius 2 is 2.18 bits per heavy atom. The highest BCUT2D eigenvalue weighted by Crippen LogP contribution is 2.21. The lowest BCUT2D eigenvalue weighted by molar-refractivity contribution is 0.608. The van der Waals surface area contributed by atoms with E-state index in [0.29, 0.717) is 0 Å². The fourth-order valence-electron chi connectivity index (χ4n) is 0.553. The van der Waals surface area contributed by atoms with Crippen molar-refractivity contribution in [2.24, 2.45) is 0 Å². The van der Waals surface area contributed by atoms with Crippen molar-refractivity contribution < 1.29 is 8.42 Å². The first-order valence-electron chi connectivity index (χ1n) is 2.57. The lowest BCUT2D eigenvalue weighted by Crippen LogP contribution is -1.92. The summed E-state index contributed by atoms with van der Waals surface area (Å²) in [6.07, 6.45) is 1.47. The number of halogens is 2. The Hall–Kier alpha value is -0.130. The molecule has 0 N–H and O–H groups in total. The molecule has 0 unspecified atom stereocenters. The summed E-state index contributed by atoms with van der Waals surface area (Å²) in [4.78, 5) is 3.69. The van der Waals surface area contributed by atoms with E-state index in [2.05, 4.69) is 20.9 Å². The molecule has 0 aliphatic rings. The van der Waals surface area contributed by atoms with Crippen molar-refractivity contribution in [3.63, 3.8) is 0 Å². The summed E-state index contributed by atoms with van der Waals surface area (Å²) < 4.78 is 21.7. The first-order chi connectivity index (χ1) is 5.02. The van der Waals surface area contributed by atoms with E-state index in [1.165, 1.54) is 18.3 Å². The molecule has 1 aromatic heterocycles. The molecule has 3 nitrogen and oxygen atoms in total. The number of aromatic nitrogens is 1. The number of nitrogens with zero attached hydrogens (tertiary/aromatic N) is 1. The van der Waals surface area contributed by atoms with Gasteiger partial charge in [-0.1, -0.05) is 0 Å². The molecule has 0 amide bonds. The molecule has 0 saturated carbocycles. The first-order valence-corrected chi connectivity index (χ1v) is 5.67. The molecule has 0 aliphatic heterocycles. The van der Waals surface area contributed by atoms with E-state index < -0.39 is 9.05 Å². The molecule has 0 saturated heterocycles. The van der Waals surface area contributed by atoms with Gasteiger partial charge in [0.2, 0.25) is 0 Å². The van der Waals surface area contributed by atoms with Gasteiger partial charge in [-0.15, -0.1) is 0 Å². The van der Waals surface area contributed by atoms with Crippen LogP contribution in [0.15, 0.2) is 27.8 Å². The third kappa shape index (κ3) is 2.15. The first kappa shape index (κ1) is 8.96. The number of pyridine rings is 1. The van der Waals surface area contributed by atoms with Crippen molar-refractivity contribution in [3.05, 3.63) is 22.9 Å². The molecule has 60 valence electrons. The van der Waals surface area contributed by atoms with Crippen LogP contribution < -0.4 is 0 Å². The second-order valence-electron chi connectivity index (χ2n) is 1.73. The van der Waals surface area contributed by atoms with Gasteiger partial charge >= 0.3 is 0 Å². The van der Waals surface area contributed by atoms with E-state index in [1.807, 2.05) is 0 Å². The van der Waals surface area contributed by atoms with Crippen LogP contribution in [0.3, 0.4) is 0 Å². The molecule has 11 heavy (non-hydrogen) atoms. The summed E-state index contributed by atoms with van der Waals surface area (Å²) in [5.41, 5.74) is 0. The minimum atomic E-state index is -3.67. The number of rotatable bonds is 1. The highest BCUT2D eigenvalue weighted by Gasteiger charge is 2.13. The molecule has 1 aromatic rings. The molecule has 0 atom stereocenters. The minimum absolute atomic E-state index is 0.0123. The summed E-state index contributed by atoms with van der Waals surface area (Å²) in [5.74, 6) is 0. The Morgan fingerprint density at radius 1 is 1.55 bits per heavy atom. The molecule has 0 aromatic carbocycles. The van der Waals surface area contributed by atoms with Crippen molar-refractivity contribution >= 4 is 35.7 Å². The van der Waals surface area contributed by atoms with Crippen molar-refractivity contribution in [3.8, 4) is 0 Å². The Kier molecular flexibility index (Phi) is 2.51. The molecule has 0 spiro atoms. The fraction of sp³-hybridized carbons (Fsp3) is 0. The zero-order chi connectivity index (χ0) is 8.48. The molecule has 0 fully saturated rings. The molecule has 0 radical (unpaired) electrons. The molecule has 6 heteroatoms. The van der Waals surface area contributed by atoms with Crippen LogP contribution in [0.2, 0.25) is 0 Å². The van der Waals surface area contributed by atoms with Crippen molar-refractivity contribution in [2.75, 3.05) is 0 Å². The van der Waals surface area contributed by atoms with Gasteiger partial charge < -0.3 is 0 Å². The second kappa shape index (κ2) is 3.08. The molecule has 0 bridgehead atoms. The van der Waals surface area contributed by atoms with Crippen LogP contribution in [0.4, 0.5) is 0 Å². The van der Waals surface area contributed by atoms with Crippen LogP contribution in [-0.4, -0.2) is 13.4 Å². The summed E-state index contributed by atoms with van der Waals surface area (Å²) in [6.45, 7) is 0. The van der Waals surface area contributed by atoms with Crippen LogP contribution >= 0.6 is 26.6 Å². The van der Waals surface area contributed by atoms with Crippen molar-refractivity contribution in [1.29, 1.82) is 0 Å². The molecule has 0 aliphatic carbocycles. The van der Waals surface area contributed by atoms with Gasteiger partial charge in [0.05, 0.1) is 0 Å². The third-order valence-electron chi connectivity index (χ3n) is 0.988. The highest BCUT2D eigenvalue weighted by atomic mass is 79.9. The molecular weight excluding hydrogens is 253 g/mol. The standard InChI is InChI=1S/C5H3BrClNO2S/c6-5-4(11(7,9)10)2-1-3-8-5/h1-3H. The second-order valence-corrected chi connectivity index (χ2v) is 5.02. The number of hydrogen-bond acceptors (Lipinski definition) is 3. The average molecular weight is 257 g/mol. The third-order valence-corrected chi connectivity index (χ3v) is 3.24. The SMILES string of the molecule is O=S(=O)(Cl)c1cccnc1Br. The normalized spacial score (nSPS) is 11.5. The van der Waals surface area contributed by atoms with Crippen LogP contribution in [0, 0.1) is 0 Å². The largest absolute Gasteiger partial charge is 0.263 e. The summed E-state index contributed by atoms with van der Waals surface area (Å²) in [7, 11) is 1.40. The van der Waals surface area contributed by atoms with Gasteiger partial charge in [0, 0.05) is 16.9 Å². The van der Waals surface area contributed by atoms with Gasteiger partial charge in [-0.2, -0.15) is 0 Å². The molecule has 1 rings (SSSR count). The summed E-state index contributed by atoms with van der Waals surface area (Å²) in [6, 6.07) is 2.87. The van der Waals surface area contributed by atoms with Gasteiger partial charge in [0.1, 0.15) is 9.50 Å². The van der Waals surface area contributed by atoms with Gasteiger partial charge in [0.25, 0.3) is 9.05 Å². The van der Waals surface area contributed by atoms with E-state index in [4.69, 9.17) is 10.7 Å². The predicted octanol–water partition coefficient (Wildman–Crippen LogP) is 1.77. The maximum absolute atomic E-state index is 10.7. The van der Waals surface area contributed by atoms with Crippen LogP contribution in [0.1, 0.15) is 0 Å².